The summed E-state index contributed by atoms with van der Waals surface area (Å²) in [6, 6.07) is 12.6. The van der Waals surface area contributed by atoms with Crippen LogP contribution in [-0.4, -0.2) is 12.5 Å². The van der Waals surface area contributed by atoms with Crippen LogP contribution in [0.5, 0.6) is 5.75 Å². The van der Waals surface area contributed by atoms with Gasteiger partial charge in [0.15, 0.2) is 0 Å². The molecule has 3 rings (SSSR count). The molecule has 0 saturated carbocycles. The maximum absolute atomic E-state index is 12.3. The molecule has 1 amide bonds. The second-order valence-corrected chi connectivity index (χ2v) is 5.34. The molecule has 5 heteroatoms. The molecule has 0 spiro atoms. The van der Waals surface area contributed by atoms with Crippen molar-refractivity contribution in [2.45, 2.75) is 12.5 Å². The van der Waals surface area contributed by atoms with Crippen molar-refractivity contribution in [3.8, 4) is 5.75 Å². The predicted octanol–water partition coefficient (Wildman–Crippen LogP) is 3.18. The molecular weight excluding hydrogens is 288 g/mol. The van der Waals surface area contributed by atoms with Gasteiger partial charge in [-0.05, 0) is 24.3 Å². The number of hydrogen-bond acceptors (Lipinski definition) is 3. The Labute approximate surface area is 127 Å². The number of ether oxygens (including phenoxy) is 1. The first-order valence-corrected chi connectivity index (χ1v) is 7.10. The lowest BCUT2D eigenvalue weighted by Crippen LogP contribution is -2.32. The molecule has 4 nitrogen and oxygen atoms in total. The van der Waals surface area contributed by atoms with Crippen LogP contribution in [0.4, 0.5) is 5.69 Å². The van der Waals surface area contributed by atoms with Crippen molar-refractivity contribution < 1.29 is 9.53 Å². The summed E-state index contributed by atoms with van der Waals surface area (Å²) in [5.41, 5.74) is 7.62. The Morgan fingerprint density at radius 2 is 2.10 bits per heavy atom. The summed E-state index contributed by atoms with van der Waals surface area (Å²) in [5.74, 6) is 0.656. The number of benzene rings is 2. The number of carbonyl (C=O) groups is 1. The molecule has 0 aromatic heterocycles. The van der Waals surface area contributed by atoms with Gasteiger partial charge in [-0.3, -0.25) is 4.79 Å². The number of anilines is 1. The van der Waals surface area contributed by atoms with Gasteiger partial charge in [-0.1, -0.05) is 29.8 Å². The number of para-hydroxylation sites is 1. The average molecular weight is 303 g/mol. The minimum absolute atomic E-state index is 0.0567. The Bertz CT molecular complexity index is 688. The lowest BCUT2D eigenvalue weighted by atomic mass is 10.00. The number of carbonyl (C=O) groups excluding carboxylic acids is 1. The van der Waals surface area contributed by atoms with Crippen LogP contribution >= 0.6 is 11.6 Å². The van der Waals surface area contributed by atoms with Gasteiger partial charge in [-0.15, -0.1) is 0 Å². The summed E-state index contributed by atoms with van der Waals surface area (Å²) in [5, 5.41) is 3.40. The van der Waals surface area contributed by atoms with Gasteiger partial charge in [0.25, 0.3) is 5.91 Å². The number of nitrogens with two attached hydrogens (primary N) is 1. The van der Waals surface area contributed by atoms with E-state index in [1.807, 2.05) is 24.3 Å². The van der Waals surface area contributed by atoms with Crippen LogP contribution < -0.4 is 15.8 Å². The van der Waals surface area contributed by atoms with E-state index in [0.717, 1.165) is 17.7 Å². The molecular formula is C16H15ClN2O2. The van der Waals surface area contributed by atoms with Crippen LogP contribution in [0.25, 0.3) is 0 Å². The van der Waals surface area contributed by atoms with E-state index in [1.54, 1.807) is 18.2 Å². The van der Waals surface area contributed by atoms with Crippen molar-refractivity contribution in [2.24, 2.45) is 0 Å². The Morgan fingerprint density at radius 3 is 2.90 bits per heavy atom. The molecule has 21 heavy (non-hydrogen) atoms. The molecule has 0 radical (unpaired) electrons. The van der Waals surface area contributed by atoms with E-state index < -0.39 is 0 Å². The fourth-order valence-electron chi connectivity index (χ4n) is 2.40. The fraction of sp³-hybridized carbons (Fsp3) is 0.188. The quantitative estimate of drug-likeness (QED) is 0.837. The van der Waals surface area contributed by atoms with Crippen LogP contribution in [0.1, 0.15) is 28.4 Å². The molecule has 3 N–H and O–H groups in total. The smallest absolute Gasteiger partial charge is 0.251 e. The zero-order valence-electron chi connectivity index (χ0n) is 11.3. The molecule has 1 atom stereocenters. The number of fused-ring (bicyclic) bond motifs is 1. The van der Waals surface area contributed by atoms with Crippen molar-refractivity contribution in [3.05, 3.63) is 58.6 Å². The summed E-state index contributed by atoms with van der Waals surface area (Å²) < 4.78 is 5.59. The number of amides is 1. The minimum Gasteiger partial charge on any atom is -0.493 e. The third kappa shape index (κ3) is 2.81. The molecule has 2 aromatic rings. The van der Waals surface area contributed by atoms with Crippen LogP contribution in [0.2, 0.25) is 5.02 Å². The van der Waals surface area contributed by atoms with E-state index in [9.17, 15) is 4.79 Å². The monoisotopic (exact) mass is 302 g/mol. The van der Waals surface area contributed by atoms with Gasteiger partial charge in [0.2, 0.25) is 0 Å². The Morgan fingerprint density at radius 1 is 1.29 bits per heavy atom. The average Bonchev–Trinajstić information content (AvgIpc) is 2.50. The molecule has 1 heterocycles. The molecule has 1 unspecified atom stereocenters. The molecule has 2 aromatic carbocycles. The highest BCUT2D eigenvalue weighted by Crippen LogP contribution is 2.31. The zero-order valence-corrected chi connectivity index (χ0v) is 12.1. The molecule has 0 bridgehead atoms. The van der Waals surface area contributed by atoms with E-state index in [-0.39, 0.29) is 11.9 Å². The van der Waals surface area contributed by atoms with Crippen LogP contribution in [0.3, 0.4) is 0 Å². The maximum Gasteiger partial charge on any atom is 0.251 e. The number of nitrogens with one attached hydrogen (secondary N) is 1. The number of nitrogen functional groups attached to an aromatic ring is 1. The fourth-order valence-corrected chi connectivity index (χ4v) is 2.58. The van der Waals surface area contributed by atoms with Gasteiger partial charge in [-0.2, -0.15) is 0 Å². The second kappa shape index (κ2) is 5.66. The van der Waals surface area contributed by atoms with Crippen LogP contribution in [0.15, 0.2) is 42.5 Å². The topological polar surface area (TPSA) is 64.4 Å². The third-order valence-corrected chi connectivity index (χ3v) is 3.85. The summed E-state index contributed by atoms with van der Waals surface area (Å²) in [7, 11) is 0. The highest BCUT2D eigenvalue weighted by molar-refractivity contribution is 6.33. The van der Waals surface area contributed by atoms with Gasteiger partial charge < -0.3 is 15.8 Å². The second-order valence-electron chi connectivity index (χ2n) is 4.94. The first-order chi connectivity index (χ1) is 10.1. The van der Waals surface area contributed by atoms with E-state index >= 15 is 0 Å². The van der Waals surface area contributed by atoms with Crippen molar-refractivity contribution in [1.82, 2.24) is 5.32 Å². The van der Waals surface area contributed by atoms with Gasteiger partial charge in [0, 0.05) is 17.5 Å². The van der Waals surface area contributed by atoms with E-state index in [4.69, 9.17) is 22.1 Å². The number of hydrogen-bond donors (Lipinski definition) is 2. The highest BCUT2D eigenvalue weighted by Gasteiger charge is 2.23. The lowest BCUT2D eigenvalue weighted by Gasteiger charge is -2.26. The summed E-state index contributed by atoms with van der Waals surface area (Å²) in [4.78, 5) is 12.3. The summed E-state index contributed by atoms with van der Waals surface area (Å²) >= 11 is 5.96. The van der Waals surface area contributed by atoms with Gasteiger partial charge in [0.05, 0.1) is 23.4 Å². The van der Waals surface area contributed by atoms with Crippen LogP contribution in [0, 0.1) is 0 Å². The molecule has 1 aliphatic heterocycles. The van der Waals surface area contributed by atoms with Crippen molar-refractivity contribution in [3.63, 3.8) is 0 Å². The number of halogens is 1. The normalized spacial score (nSPS) is 16.7. The van der Waals surface area contributed by atoms with Gasteiger partial charge in [0.1, 0.15) is 5.75 Å². The van der Waals surface area contributed by atoms with E-state index in [0.29, 0.717) is 22.9 Å². The Hall–Kier alpha value is -2.20. The van der Waals surface area contributed by atoms with Crippen LogP contribution in [-0.2, 0) is 0 Å². The maximum atomic E-state index is 12.3. The SMILES string of the molecule is Nc1ccc(C(=O)NC2CCOc3ccccc32)cc1Cl. The summed E-state index contributed by atoms with van der Waals surface area (Å²) in [6.45, 7) is 0.588. The Kier molecular flexibility index (Phi) is 3.71. The van der Waals surface area contributed by atoms with E-state index in [2.05, 4.69) is 5.32 Å². The van der Waals surface area contributed by atoms with Crippen molar-refractivity contribution in [1.29, 1.82) is 0 Å². The van der Waals surface area contributed by atoms with Gasteiger partial charge >= 0.3 is 0 Å². The first kappa shape index (κ1) is 13.8. The minimum atomic E-state index is -0.168. The third-order valence-electron chi connectivity index (χ3n) is 3.53. The predicted molar refractivity (Wildman–Crippen MR) is 82.6 cm³/mol. The molecule has 0 saturated heterocycles. The largest absolute Gasteiger partial charge is 0.493 e. The Balaban J connectivity index is 1.81. The highest BCUT2D eigenvalue weighted by atomic mass is 35.5. The molecule has 0 fully saturated rings. The van der Waals surface area contributed by atoms with Crippen molar-refractivity contribution >= 4 is 23.2 Å². The number of rotatable bonds is 2. The summed E-state index contributed by atoms with van der Waals surface area (Å²) in [6.07, 6.45) is 0.742. The molecule has 0 aliphatic carbocycles. The zero-order chi connectivity index (χ0) is 14.8. The molecule has 1 aliphatic rings. The first-order valence-electron chi connectivity index (χ1n) is 6.73. The van der Waals surface area contributed by atoms with E-state index in [1.165, 1.54) is 0 Å². The lowest BCUT2D eigenvalue weighted by molar-refractivity contribution is 0.0925. The van der Waals surface area contributed by atoms with Crippen molar-refractivity contribution in [2.75, 3.05) is 12.3 Å². The molecule has 108 valence electrons. The standard InChI is InChI=1S/C16H15ClN2O2/c17-12-9-10(5-6-13(12)18)16(20)19-14-7-8-21-15-4-2-1-3-11(14)15/h1-6,9,14H,7-8,18H2,(H,19,20). The van der Waals surface area contributed by atoms with Gasteiger partial charge in [-0.25, -0.2) is 0 Å².